The number of benzene rings is 1. The summed E-state index contributed by atoms with van der Waals surface area (Å²) in [6.07, 6.45) is 1.90. The molecule has 3 aromatic rings. The normalized spacial score (nSPS) is 17.6. The van der Waals surface area contributed by atoms with Crippen molar-refractivity contribution in [1.82, 2.24) is 24.6 Å². The average Bonchev–Trinajstić information content (AvgIpc) is 3.54. The average molecular weight is 486 g/mol. The molecule has 0 unspecified atom stereocenters. The fraction of sp³-hybridized carbons (Fsp3) is 0.435. The van der Waals surface area contributed by atoms with Crippen LogP contribution in [0.15, 0.2) is 42.6 Å². The number of likely N-dealkylation sites (N-methyl/N-ethyl adjacent to an activating group) is 1. The summed E-state index contributed by atoms with van der Waals surface area (Å²) in [5, 5.41) is 11.2. The van der Waals surface area contributed by atoms with Gasteiger partial charge in [-0.05, 0) is 36.9 Å². The number of piperazine rings is 2. The van der Waals surface area contributed by atoms with Gasteiger partial charge < -0.3 is 19.6 Å². The Kier molecular flexibility index (Phi) is 6.52. The molecule has 33 heavy (non-hydrogen) atoms. The molecule has 8 nitrogen and oxygen atoms in total. The third-order valence-corrected chi connectivity index (χ3v) is 7.63. The number of nitrogens with zero attached hydrogens (tertiary/aromatic N) is 7. The zero-order valence-electron chi connectivity index (χ0n) is 18.7. The summed E-state index contributed by atoms with van der Waals surface area (Å²) in [6, 6.07) is 11.6. The van der Waals surface area contributed by atoms with Crippen LogP contribution >= 0.6 is 22.9 Å². The molecule has 174 valence electrons. The molecule has 5 rings (SSSR count). The number of rotatable bonds is 5. The van der Waals surface area contributed by atoms with Gasteiger partial charge >= 0.3 is 0 Å². The van der Waals surface area contributed by atoms with E-state index in [0.717, 1.165) is 66.8 Å². The Bertz CT molecular complexity index is 1100. The van der Waals surface area contributed by atoms with Crippen molar-refractivity contribution in [3.05, 3.63) is 53.3 Å². The Balaban J connectivity index is 1.25. The first kappa shape index (κ1) is 22.2. The molecule has 2 aliphatic rings. The number of aromatic nitrogens is 3. The molecule has 0 atom stereocenters. The first-order valence-corrected chi connectivity index (χ1v) is 12.6. The summed E-state index contributed by atoms with van der Waals surface area (Å²) in [4.78, 5) is 22.2. The number of hydrogen-bond donors (Lipinski definition) is 0. The van der Waals surface area contributed by atoms with Crippen molar-refractivity contribution >= 4 is 39.7 Å². The van der Waals surface area contributed by atoms with Crippen LogP contribution in [0.2, 0.25) is 5.02 Å². The number of halogens is 1. The standard InChI is InChI=1S/C23H28ClN7OS/c1-2-27-9-11-30(12-10-27)22-25-26-23(33-22)31-8-4-7-20(31)21(32)29-15-13-28(14-16-29)19-6-3-5-18(24)17-19/h3-8,17H,2,9-16H2,1H3. The number of anilines is 2. The second kappa shape index (κ2) is 9.70. The highest BCUT2D eigenvalue weighted by Crippen LogP contribution is 2.26. The monoisotopic (exact) mass is 485 g/mol. The molecule has 4 heterocycles. The molecule has 0 bridgehead atoms. The minimum absolute atomic E-state index is 0.0269. The van der Waals surface area contributed by atoms with Gasteiger partial charge in [0.25, 0.3) is 5.91 Å². The minimum Gasteiger partial charge on any atom is -0.368 e. The van der Waals surface area contributed by atoms with Crippen molar-refractivity contribution in [3.8, 4) is 5.13 Å². The van der Waals surface area contributed by atoms with E-state index in [4.69, 9.17) is 11.6 Å². The Labute approximate surface area is 203 Å². The summed E-state index contributed by atoms with van der Waals surface area (Å²) in [5.74, 6) is 0.0269. The van der Waals surface area contributed by atoms with Gasteiger partial charge in [-0.2, -0.15) is 0 Å². The van der Waals surface area contributed by atoms with Crippen molar-refractivity contribution in [1.29, 1.82) is 0 Å². The highest BCUT2D eigenvalue weighted by Gasteiger charge is 2.26. The quantitative estimate of drug-likeness (QED) is 0.553. The third-order valence-electron chi connectivity index (χ3n) is 6.41. The van der Waals surface area contributed by atoms with Crippen LogP contribution in [0.1, 0.15) is 17.4 Å². The van der Waals surface area contributed by atoms with E-state index >= 15 is 0 Å². The maximum absolute atomic E-state index is 13.3. The fourth-order valence-electron chi connectivity index (χ4n) is 4.41. The first-order valence-electron chi connectivity index (χ1n) is 11.4. The first-order chi connectivity index (χ1) is 16.1. The van der Waals surface area contributed by atoms with E-state index in [9.17, 15) is 4.79 Å². The van der Waals surface area contributed by atoms with Crippen LogP contribution in [0.4, 0.5) is 10.8 Å². The molecule has 0 N–H and O–H groups in total. The molecule has 1 amide bonds. The summed E-state index contributed by atoms with van der Waals surface area (Å²) in [5.41, 5.74) is 1.73. The molecule has 10 heteroatoms. The molecule has 0 saturated carbocycles. The van der Waals surface area contributed by atoms with Crippen molar-refractivity contribution in [2.24, 2.45) is 0 Å². The van der Waals surface area contributed by atoms with Gasteiger partial charge in [0.15, 0.2) is 0 Å². The third kappa shape index (κ3) is 4.71. The van der Waals surface area contributed by atoms with Crippen LogP contribution in [-0.4, -0.2) is 89.4 Å². The molecule has 2 fully saturated rings. The predicted octanol–water partition coefficient (Wildman–Crippen LogP) is 3.09. The lowest BCUT2D eigenvalue weighted by atomic mass is 10.2. The highest BCUT2D eigenvalue weighted by atomic mass is 35.5. The summed E-state index contributed by atoms with van der Waals surface area (Å²) >= 11 is 7.68. The van der Waals surface area contributed by atoms with Crippen molar-refractivity contribution in [2.45, 2.75) is 6.92 Å². The molecule has 1 aromatic carbocycles. The van der Waals surface area contributed by atoms with E-state index in [-0.39, 0.29) is 5.91 Å². The number of amides is 1. The Morgan fingerprint density at radius 1 is 0.939 bits per heavy atom. The Hall–Kier alpha value is -2.62. The molecule has 0 aliphatic carbocycles. The maximum Gasteiger partial charge on any atom is 0.271 e. The summed E-state index contributed by atoms with van der Waals surface area (Å²) < 4.78 is 1.87. The lowest BCUT2D eigenvalue weighted by Gasteiger charge is -2.36. The van der Waals surface area contributed by atoms with Gasteiger partial charge in [-0.3, -0.25) is 9.36 Å². The van der Waals surface area contributed by atoms with Gasteiger partial charge in [-0.1, -0.05) is 35.9 Å². The predicted molar refractivity (Wildman–Crippen MR) is 133 cm³/mol. The van der Waals surface area contributed by atoms with Crippen molar-refractivity contribution < 1.29 is 4.79 Å². The molecular formula is C23H28ClN7OS. The van der Waals surface area contributed by atoms with Crippen LogP contribution in [-0.2, 0) is 0 Å². The van der Waals surface area contributed by atoms with Gasteiger partial charge in [0.05, 0.1) is 0 Å². The van der Waals surface area contributed by atoms with Crippen LogP contribution in [0.3, 0.4) is 0 Å². The van der Waals surface area contributed by atoms with E-state index < -0.39 is 0 Å². The molecule has 0 radical (unpaired) electrons. The number of carbonyl (C=O) groups excluding carboxylic acids is 1. The largest absolute Gasteiger partial charge is 0.368 e. The van der Waals surface area contributed by atoms with Gasteiger partial charge in [0.1, 0.15) is 5.69 Å². The fourth-order valence-corrected chi connectivity index (χ4v) is 5.49. The minimum atomic E-state index is 0.0269. The Morgan fingerprint density at radius 3 is 2.39 bits per heavy atom. The highest BCUT2D eigenvalue weighted by molar-refractivity contribution is 7.17. The van der Waals surface area contributed by atoms with E-state index in [0.29, 0.717) is 18.8 Å². The van der Waals surface area contributed by atoms with Crippen LogP contribution in [0.25, 0.3) is 5.13 Å². The Morgan fingerprint density at radius 2 is 1.67 bits per heavy atom. The van der Waals surface area contributed by atoms with Gasteiger partial charge in [-0.15, -0.1) is 10.2 Å². The second-order valence-electron chi connectivity index (χ2n) is 8.31. The van der Waals surface area contributed by atoms with Crippen molar-refractivity contribution in [3.63, 3.8) is 0 Å². The van der Waals surface area contributed by atoms with Crippen LogP contribution in [0, 0.1) is 0 Å². The van der Waals surface area contributed by atoms with Gasteiger partial charge in [0, 0.05) is 69.3 Å². The van der Waals surface area contributed by atoms with E-state index in [1.807, 2.05) is 46.0 Å². The maximum atomic E-state index is 13.3. The van der Waals surface area contributed by atoms with Gasteiger partial charge in [-0.25, -0.2) is 0 Å². The molecule has 2 saturated heterocycles. The zero-order chi connectivity index (χ0) is 22.8. The zero-order valence-corrected chi connectivity index (χ0v) is 20.3. The SMILES string of the molecule is CCN1CCN(c2nnc(-n3cccc3C(=O)N3CCN(c4cccc(Cl)c4)CC3)s2)CC1. The lowest BCUT2D eigenvalue weighted by Crippen LogP contribution is -2.49. The van der Waals surface area contributed by atoms with Crippen LogP contribution < -0.4 is 9.80 Å². The van der Waals surface area contributed by atoms with E-state index in [1.165, 1.54) is 11.3 Å². The number of hydrogen-bond acceptors (Lipinski definition) is 7. The second-order valence-corrected chi connectivity index (χ2v) is 9.68. The van der Waals surface area contributed by atoms with Gasteiger partial charge in [0.2, 0.25) is 10.3 Å². The summed E-state index contributed by atoms with van der Waals surface area (Å²) in [6.45, 7) is 10.2. The summed E-state index contributed by atoms with van der Waals surface area (Å²) in [7, 11) is 0. The molecular weight excluding hydrogens is 458 g/mol. The molecule has 2 aromatic heterocycles. The topological polar surface area (TPSA) is 60.7 Å². The van der Waals surface area contributed by atoms with E-state index in [2.05, 4.69) is 37.9 Å². The van der Waals surface area contributed by atoms with E-state index in [1.54, 1.807) is 0 Å². The smallest absolute Gasteiger partial charge is 0.271 e. The lowest BCUT2D eigenvalue weighted by molar-refractivity contribution is 0.0738. The molecule has 0 spiro atoms. The van der Waals surface area contributed by atoms with Crippen molar-refractivity contribution in [2.75, 3.05) is 68.7 Å². The number of carbonyl (C=O) groups is 1. The molecule has 2 aliphatic heterocycles. The van der Waals surface area contributed by atoms with Crippen LogP contribution in [0.5, 0.6) is 0 Å².